The van der Waals surface area contributed by atoms with E-state index >= 15 is 0 Å². The molecule has 3 atom stereocenters. The first-order valence-corrected chi connectivity index (χ1v) is 10.0. The lowest BCUT2D eigenvalue weighted by Gasteiger charge is -2.34. The van der Waals surface area contributed by atoms with Crippen LogP contribution in [0.5, 0.6) is 0 Å². The number of hydrogen-bond donors (Lipinski definition) is 2. The Bertz CT molecular complexity index is 918. The van der Waals surface area contributed by atoms with Crippen molar-refractivity contribution in [3.63, 3.8) is 0 Å². The Balaban J connectivity index is 1.43. The van der Waals surface area contributed by atoms with Crippen LogP contribution in [0.15, 0.2) is 59.1 Å². The molecule has 0 saturated carbocycles. The number of piperazine rings is 1. The van der Waals surface area contributed by atoms with Crippen LogP contribution >= 0.6 is 15.9 Å². The van der Waals surface area contributed by atoms with Crippen molar-refractivity contribution in [1.82, 2.24) is 15.5 Å². The third-order valence-corrected chi connectivity index (χ3v) is 5.70. The van der Waals surface area contributed by atoms with Crippen LogP contribution in [0.4, 0.5) is 0 Å². The van der Waals surface area contributed by atoms with E-state index in [2.05, 4.69) is 26.6 Å². The topological polar surface area (TPSA) is 78.5 Å². The second kappa shape index (κ2) is 7.75. The van der Waals surface area contributed by atoms with Gasteiger partial charge in [0.15, 0.2) is 0 Å². The molecule has 7 heteroatoms. The van der Waals surface area contributed by atoms with Gasteiger partial charge in [-0.3, -0.25) is 14.4 Å². The molecule has 4 rings (SSSR count). The van der Waals surface area contributed by atoms with Gasteiger partial charge in [0.2, 0.25) is 11.8 Å². The molecule has 6 nitrogen and oxygen atoms in total. The van der Waals surface area contributed by atoms with Gasteiger partial charge in [0.25, 0.3) is 5.91 Å². The molecule has 0 aromatic heterocycles. The summed E-state index contributed by atoms with van der Waals surface area (Å²) in [6.07, 6.45) is 0.888. The Labute approximate surface area is 171 Å². The molecular weight excluding hydrogens is 422 g/mol. The number of halogens is 1. The molecule has 2 aromatic rings. The third kappa shape index (κ3) is 3.80. The number of benzene rings is 2. The molecular formula is C21H20BrN3O3. The van der Waals surface area contributed by atoms with E-state index in [1.807, 2.05) is 36.4 Å². The number of amides is 3. The van der Waals surface area contributed by atoms with Crippen LogP contribution in [0.1, 0.15) is 22.3 Å². The Morgan fingerprint density at radius 3 is 2.68 bits per heavy atom. The Morgan fingerprint density at radius 1 is 1.14 bits per heavy atom. The number of carbonyl (C=O) groups is 3. The molecule has 2 aliphatic heterocycles. The van der Waals surface area contributed by atoms with Crippen molar-refractivity contribution in [2.45, 2.75) is 31.0 Å². The molecule has 3 amide bonds. The minimum atomic E-state index is -0.564. The molecule has 2 fully saturated rings. The fourth-order valence-electron chi connectivity index (χ4n) is 3.85. The predicted molar refractivity (Wildman–Crippen MR) is 108 cm³/mol. The Kier molecular flexibility index (Phi) is 5.17. The first kappa shape index (κ1) is 18.7. The van der Waals surface area contributed by atoms with Crippen molar-refractivity contribution >= 4 is 33.7 Å². The summed E-state index contributed by atoms with van der Waals surface area (Å²) in [7, 11) is 0. The lowest BCUT2D eigenvalue weighted by Crippen LogP contribution is -2.61. The third-order valence-electron chi connectivity index (χ3n) is 5.21. The normalized spacial score (nSPS) is 23.9. The molecule has 0 spiro atoms. The maximum Gasteiger partial charge on any atom is 0.251 e. The number of fused-ring (bicyclic) bond motifs is 1. The fraction of sp³-hybridized carbons (Fsp3) is 0.286. The average molecular weight is 442 g/mol. The van der Waals surface area contributed by atoms with Gasteiger partial charge in [-0.05, 0) is 30.2 Å². The van der Waals surface area contributed by atoms with Gasteiger partial charge in [0.1, 0.15) is 12.1 Å². The summed E-state index contributed by atoms with van der Waals surface area (Å²) in [6.45, 7) is 0.349. The SMILES string of the molecule is O=C(N[C@H]1C[C@H]2C(=O)N[C@H](Cc3ccccc3)C(=O)N2C1)c1cccc(Br)c1. The summed E-state index contributed by atoms with van der Waals surface area (Å²) in [5.41, 5.74) is 1.54. The van der Waals surface area contributed by atoms with E-state index in [0.717, 1.165) is 10.0 Å². The van der Waals surface area contributed by atoms with Crippen molar-refractivity contribution in [3.05, 3.63) is 70.2 Å². The highest BCUT2D eigenvalue weighted by Gasteiger charge is 2.46. The summed E-state index contributed by atoms with van der Waals surface area (Å²) in [6, 6.07) is 15.4. The van der Waals surface area contributed by atoms with E-state index in [0.29, 0.717) is 24.9 Å². The van der Waals surface area contributed by atoms with Crippen molar-refractivity contribution in [2.75, 3.05) is 6.54 Å². The van der Waals surface area contributed by atoms with E-state index in [1.165, 1.54) is 0 Å². The lowest BCUT2D eigenvalue weighted by atomic mass is 10.0. The number of nitrogens with one attached hydrogen (secondary N) is 2. The molecule has 2 saturated heterocycles. The van der Waals surface area contributed by atoms with Crippen LogP contribution in [0.3, 0.4) is 0 Å². The van der Waals surface area contributed by atoms with Crippen molar-refractivity contribution < 1.29 is 14.4 Å². The van der Waals surface area contributed by atoms with Crippen LogP contribution in [-0.2, 0) is 16.0 Å². The second-order valence-electron chi connectivity index (χ2n) is 7.17. The molecule has 28 heavy (non-hydrogen) atoms. The van der Waals surface area contributed by atoms with Crippen LogP contribution in [0.2, 0.25) is 0 Å². The van der Waals surface area contributed by atoms with E-state index in [-0.39, 0.29) is 23.8 Å². The lowest BCUT2D eigenvalue weighted by molar-refractivity contribution is -0.147. The maximum absolute atomic E-state index is 12.9. The van der Waals surface area contributed by atoms with Crippen LogP contribution in [0, 0.1) is 0 Å². The summed E-state index contributed by atoms with van der Waals surface area (Å²) in [5.74, 6) is -0.452. The maximum atomic E-state index is 12.9. The highest BCUT2D eigenvalue weighted by Crippen LogP contribution is 2.24. The molecule has 2 aliphatic rings. The zero-order valence-electron chi connectivity index (χ0n) is 15.1. The summed E-state index contributed by atoms with van der Waals surface area (Å²) >= 11 is 3.36. The van der Waals surface area contributed by atoms with Crippen LogP contribution < -0.4 is 10.6 Å². The van der Waals surface area contributed by atoms with Crippen molar-refractivity contribution in [1.29, 1.82) is 0 Å². The molecule has 2 aromatic carbocycles. The second-order valence-corrected chi connectivity index (χ2v) is 8.09. The fourth-order valence-corrected chi connectivity index (χ4v) is 4.25. The first-order chi connectivity index (χ1) is 13.5. The zero-order chi connectivity index (χ0) is 19.7. The van der Waals surface area contributed by atoms with Gasteiger partial charge >= 0.3 is 0 Å². The Morgan fingerprint density at radius 2 is 1.93 bits per heavy atom. The number of carbonyl (C=O) groups excluding carboxylic acids is 3. The van der Waals surface area contributed by atoms with E-state index in [4.69, 9.17) is 0 Å². The van der Waals surface area contributed by atoms with E-state index in [9.17, 15) is 14.4 Å². The summed E-state index contributed by atoms with van der Waals surface area (Å²) in [4.78, 5) is 39.5. The van der Waals surface area contributed by atoms with Gasteiger partial charge in [-0.2, -0.15) is 0 Å². The standard InChI is InChI=1S/C21H20BrN3O3/c22-15-8-4-7-14(10-15)19(26)23-16-11-18-20(27)24-17(21(28)25(18)12-16)9-13-5-2-1-3-6-13/h1-8,10,16-18H,9,11-12H2,(H,23,26)(H,24,27)/t16-,17+,18-/m0/s1. The monoisotopic (exact) mass is 441 g/mol. The minimum Gasteiger partial charge on any atom is -0.347 e. The predicted octanol–water partition coefficient (Wildman–Crippen LogP) is 1.89. The highest BCUT2D eigenvalue weighted by molar-refractivity contribution is 9.10. The van der Waals surface area contributed by atoms with Gasteiger partial charge in [0, 0.05) is 29.0 Å². The quantitative estimate of drug-likeness (QED) is 0.760. The Hall–Kier alpha value is -2.67. The zero-order valence-corrected chi connectivity index (χ0v) is 16.7. The van der Waals surface area contributed by atoms with Crippen LogP contribution in [0.25, 0.3) is 0 Å². The molecule has 2 N–H and O–H groups in total. The molecule has 0 aliphatic carbocycles. The number of nitrogens with zero attached hydrogens (tertiary/aromatic N) is 1. The van der Waals surface area contributed by atoms with Gasteiger partial charge in [-0.25, -0.2) is 0 Å². The van der Waals surface area contributed by atoms with Gasteiger partial charge < -0.3 is 15.5 Å². The molecule has 144 valence electrons. The van der Waals surface area contributed by atoms with Gasteiger partial charge in [-0.15, -0.1) is 0 Å². The summed E-state index contributed by atoms with van der Waals surface area (Å²) < 4.78 is 0.822. The smallest absolute Gasteiger partial charge is 0.251 e. The van der Waals surface area contributed by atoms with Crippen LogP contribution in [-0.4, -0.2) is 47.3 Å². The van der Waals surface area contributed by atoms with Crippen molar-refractivity contribution in [3.8, 4) is 0 Å². The molecule has 0 radical (unpaired) electrons. The largest absolute Gasteiger partial charge is 0.347 e. The highest BCUT2D eigenvalue weighted by atomic mass is 79.9. The average Bonchev–Trinajstić information content (AvgIpc) is 3.11. The summed E-state index contributed by atoms with van der Waals surface area (Å²) in [5, 5.41) is 5.80. The molecule has 0 unspecified atom stereocenters. The number of hydrogen-bond acceptors (Lipinski definition) is 3. The van der Waals surface area contributed by atoms with E-state index in [1.54, 1.807) is 23.1 Å². The van der Waals surface area contributed by atoms with Gasteiger partial charge in [-0.1, -0.05) is 52.3 Å². The van der Waals surface area contributed by atoms with Gasteiger partial charge in [0.05, 0.1) is 0 Å². The molecule has 0 bridgehead atoms. The molecule has 2 heterocycles. The number of rotatable bonds is 4. The first-order valence-electron chi connectivity index (χ1n) is 9.22. The van der Waals surface area contributed by atoms with E-state index < -0.39 is 12.1 Å². The minimum absolute atomic E-state index is 0.0901. The van der Waals surface area contributed by atoms with Crippen molar-refractivity contribution in [2.24, 2.45) is 0 Å².